The fraction of sp³-hybridized carbons (Fsp3) is 0.667. The van der Waals surface area contributed by atoms with Crippen molar-refractivity contribution in [3.63, 3.8) is 0 Å². The van der Waals surface area contributed by atoms with Crippen LogP contribution in [0.2, 0.25) is 0 Å². The van der Waals surface area contributed by atoms with E-state index in [1.807, 2.05) is 6.92 Å². The predicted molar refractivity (Wildman–Crippen MR) is 79.3 cm³/mol. The summed E-state index contributed by atoms with van der Waals surface area (Å²) in [6.45, 7) is 4.36. The summed E-state index contributed by atoms with van der Waals surface area (Å²) in [4.78, 5) is 22.8. The number of anilines is 1. The number of fused-ring (bicyclic) bond motifs is 1. The second-order valence-corrected chi connectivity index (χ2v) is 5.61. The Bertz CT molecular complexity index is 520. The number of rotatable bonds is 5. The largest absolute Gasteiger partial charge is 0.372 e. The minimum atomic E-state index is -0.0309. The van der Waals surface area contributed by atoms with Crippen LogP contribution in [-0.4, -0.2) is 48.2 Å². The average Bonchev–Trinajstić information content (AvgIpc) is 3.13. The summed E-state index contributed by atoms with van der Waals surface area (Å²) in [5.74, 6) is 1.04. The molecule has 2 heterocycles. The molecule has 2 aliphatic rings. The van der Waals surface area contributed by atoms with Gasteiger partial charge >= 0.3 is 0 Å². The van der Waals surface area contributed by atoms with Crippen molar-refractivity contribution < 1.29 is 9.53 Å². The van der Waals surface area contributed by atoms with Gasteiger partial charge in [-0.1, -0.05) is 0 Å². The van der Waals surface area contributed by atoms with Crippen LogP contribution < -0.4 is 10.2 Å². The lowest BCUT2D eigenvalue weighted by molar-refractivity contribution is -0.126. The van der Waals surface area contributed by atoms with Gasteiger partial charge in [0.25, 0.3) is 0 Å². The zero-order valence-corrected chi connectivity index (χ0v) is 12.5. The third-order valence-electron chi connectivity index (χ3n) is 4.14. The van der Waals surface area contributed by atoms with Gasteiger partial charge in [0, 0.05) is 37.0 Å². The fourth-order valence-electron chi connectivity index (χ4n) is 3.15. The van der Waals surface area contributed by atoms with E-state index in [2.05, 4.69) is 20.2 Å². The summed E-state index contributed by atoms with van der Waals surface area (Å²) in [6, 6.07) is 0.185. The molecule has 3 rings (SSSR count). The van der Waals surface area contributed by atoms with E-state index < -0.39 is 0 Å². The van der Waals surface area contributed by atoms with Crippen molar-refractivity contribution in [3.8, 4) is 0 Å². The quantitative estimate of drug-likeness (QED) is 0.864. The van der Waals surface area contributed by atoms with E-state index in [4.69, 9.17) is 4.74 Å². The van der Waals surface area contributed by atoms with Gasteiger partial charge in [-0.05, 0) is 32.6 Å². The van der Waals surface area contributed by atoms with Crippen LogP contribution in [0.5, 0.6) is 0 Å². The molecule has 0 saturated carbocycles. The maximum atomic E-state index is 11.7. The summed E-state index contributed by atoms with van der Waals surface area (Å²) < 4.78 is 5.13. The van der Waals surface area contributed by atoms with Gasteiger partial charge in [0.15, 0.2) is 0 Å². The number of hydrogen-bond donors (Lipinski definition) is 1. The van der Waals surface area contributed by atoms with E-state index in [0.29, 0.717) is 6.61 Å². The normalized spacial score (nSPS) is 20.6. The molecule has 6 heteroatoms. The smallest absolute Gasteiger partial charge is 0.246 e. The summed E-state index contributed by atoms with van der Waals surface area (Å²) in [7, 11) is 0. The zero-order valence-electron chi connectivity index (χ0n) is 12.5. The molecular formula is C15H22N4O2. The number of nitrogens with zero attached hydrogens (tertiary/aromatic N) is 3. The Morgan fingerprint density at radius 3 is 3.24 bits per heavy atom. The van der Waals surface area contributed by atoms with Gasteiger partial charge < -0.3 is 15.0 Å². The molecule has 1 aliphatic heterocycles. The van der Waals surface area contributed by atoms with Crippen LogP contribution in [-0.2, 0) is 22.4 Å². The van der Waals surface area contributed by atoms with Crippen molar-refractivity contribution in [1.29, 1.82) is 0 Å². The second-order valence-electron chi connectivity index (χ2n) is 5.61. The number of carbonyl (C=O) groups excluding carboxylic acids is 1. The van der Waals surface area contributed by atoms with Crippen molar-refractivity contribution in [2.75, 3.05) is 31.2 Å². The third-order valence-corrected chi connectivity index (χ3v) is 4.14. The van der Waals surface area contributed by atoms with Gasteiger partial charge in [-0.15, -0.1) is 0 Å². The number of aryl methyl sites for hydroxylation is 1. The molecule has 1 amide bonds. The number of nitrogens with one attached hydrogen (secondary N) is 1. The number of ether oxygens (including phenoxy) is 1. The van der Waals surface area contributed by atoms with Gasteiger partial charge in [0.2, 0.25) is 5.91 Å². The molecule has 6 nitrogen and oxygen atoms in total. The van der Waals surface area contributed by atoms with E-state index in [-0.39, 0.29) is 18.6 Å². The van der Waals surface area contributed by atoms with Crippen molar-refractivity contribution in [2.45, 2.75) is 38.6 Å². The molecule has 1 aromatic heterocycles. The van der Waals surface area contributed by atoms with E-state index >= 15 is 0 Å². The molecule has 1 saturated heterocycles. The molecule has 0 unspecified atom stereocenters. The van der Waals surface area contributed by atoms with Crippen molar-refractivity contribution in [1.82, 2.24) is 15.3 Å². The first-order valence-corrected chi connectivity index (χ1v) is 7.72. The van der Waals surface area contributed by atoms with E-state index in [1.165, 1.54) is 17.7 Å². The molecule has 1 aliphatic carbocycles. The average molecular weight is 290 g/mol. The Balaban J connectivity index is 1.60. The first kappa shape index (κ1) is 14.3. The molecule has 1 N–H and O–H groups in total. The van der Waals surface area contributed by atoms with Crippen molar-refractivity contribution >= 4 is 11.7 Å². The Morgan fingerprint density at radius 2 is 2.38 bits per heavy atom. The van der Waals surface area contributed by atoms with E-state index in [0.717, 1.165) is 38.2 Å². The van der Waals surface area contributed by atoms with Crippen LogP contribution in [0, 0.1) is 0 Å². The van der Waals surface area contributed by atoms with Crippen LogP contribution in [0.4, 0.5) is 5.82 Å². The summed E-state index contributed by atoms with van der Waals surface area (Å²) >= 11 is 0. The molecule has 114 valence electrons. The highest BCUT2D eigenvalue weighted by atomic mass is 16.5. The minimum absolute atomic E-state index is 0.0309. The maximum absolute atomic E-state index is 11.7. The first-order valence-electron chi connectivity index (χ1n) is 7.72. The molecular weight excluding hydrogens is 268 g/mol. The molecule has 1 atom stereocenters. The van der Waals surface area contributed by atoms with Crippen LogP contribution >= 0.6 is 0 Å². The zero-order chi connectivity index (χ0) is 14.7. The molecule has 0 bridgehead atoms. The number of carbonyl (C=O) groups is 1. The lowest BCUT2D eigenvalue weighted by Crippen LogP contribution is -2.39. The van der Waals surface area contributed by atoms with E-state index in [9.17, 15) is 4.79 Å². The lowest BCUT2D eigenvalue weighted by atomic mass is 10.2. The predicted octanol–water partition coefficient (Wildman–Crippen LogP) is 0.697. The molecule has 0 radical (unpaired) electrons. The maximum Gasteiger partial charge on any atom is 0.246 e. The highest BCUT2D eigenvalue weighted by Gasteiger charge is 2.28. The van der Waals surface area contributed by atoms with Crippen molar-refractivity contribution in [2.24, 2.45) is 0 Å². The number of aromatic nitrogens is 2. The van der Waals surface area contributed by atoms with Crippen LogP contribution in [0.1, 0.15) is 31.0 Å². The van der Waals surface area contributed by atoms with Gasteiger partial charge in [-0.3, -0.25) is 4.79 Å². The van der Waals surface area contributed by atoms with Gasteiger partial charge in [-0.2, -0.15) is 0 Å². The summed E-state index contributed by atoms with van der Waals surface area (Å²) in [5, 5.41) is 3.03. The monoisotopic (exact) mass is 290 g/mol. The Kier molecular flexibility index (Phi) is 4.34. The highest BCUT2D eigenvalue weighted by Crippen LogP contribution is 2.29. The molecule has 1 fully saturated rings. The minimum Gasteiger partial charge on any atom is -0.372 e. The second kappa shape index (κ2) is 6.39. The van der Waals surface area contributed by atoms with Crippen LogP contribution in [0.25, 0.3) is 0 Å². The SMILES string of the molecule is CCOCC(=O)N[C@@H]1CCN(c2ncnc3c2CCC3)C1. The highest BCUT2D eigenvalue weighted by molar-refractivity contribution is 5.77. The Labute approximate surface area is 124 Å². The Hall–Kier alpha value is -1.69. The van der Waals surface area contributed by atoms with Crippen LogP contribution in [0.15, 0.2) is 6.33 Å². The third kappa shape index (κ3) is 3.15. The first-order chi connectivity index (χ1) is 10.3. The standard InChI is InChI=1S/C15H22N4O2/c1-2-21-9-14(20)18-11-6-7-19(8-11)15-12-4-3-5-13(12)16-10-17-15/h10-11H,2-9H2,1H3,(H,18,20)/t11-/m1/s1. The number of hydrogen-bond acceptors (Lipinski definition) is 5. The fourth-order valence-corrected chi connectivity index (χ4v) is 3.15. The molecule has 0 spiro atoms. The van der Waals surface area contributed by atoms with Gasteiger partial charge in [0.05, 0.1) is 0 Å². The van der Waals surface area contributed by atoms with E-state index in [1.54, 1.807) is 6.33 Å². The molecule has 21 heavy (non-hydrogen) atoms. The molecule has 1 aromatic rings. The van der Waals surface area contributed by atoms with Gasteiger partial charge in [0.1, 0.15) is 18.8 Å². The summed E-state index contributed by atoms with van der Waals surface area (Å²) in [6.07, 6.45) is 5.93. The molecule has 0 aromatic carbocycles. The number of amides is 1. The summed E-state index contributed by atoms with van der Waals surface area (Å²) in [5.41, 5.74) is 2.50. The Morgan fingerprint density at radius 1 is 1.48 bits per heavy atom. The van der Waals surface area contributed by atoms with Gasteiger partial charge in [-0.25, -0.2) is 9.97 Å². The van der Waals surface area contributed by atoms with Crippen LogP contribution in [0.3, 0.4) is 0 Å². The topological polar surface area (TPSA) is 67.3 Å². The van der Waals surface area contributed by atoms with Crippen molar-refractivity contribution in [3.05, 3.63) is 17.6 Å². The lowest BCUT2D eigenvalue weighted by Gasteiger charge is -2.20.